The van der Waals surface area contributed by atoms with Gasteiger partial charge in [0.05, 0.1) is 5.02 Å². The first-order chi connectivity index (χ1) is 7.95. The predicted molar refractivity (Wildman–Crippen MR) is 70.7 cm³/mol. The molecule has 94 valence electrons. The third-order valence-electron chi connectivity index (χ3n) is 2.15. The summed E-state index contributed by atoms with van der Waals surface area (Å²) in [5, 5.41) is 0.448. The highest BCUT2D eigenvalue weighted by molar-refractivity contribution is 9.10. The third-order valence-corrected chi connectivity index (χ3v) is 2.96. The van der Waals surface area contributed by atoms with Gasteiger partial charge in [0, 0.05) is 4.47 Å². The van der Waals surface area contributed by atoms with E-state index in [1.165, 1.54) is 0 Å². The number of hydrogen-bond acceptors (Lipinski definition) is 3. The molecule has 3 N–H and O–H groups in total. The lowest BCUT2D eigenvalue weighted by molar-refractivity contribution is -0.129. The molecule has 0 aromatic heterocycles. The Balaban J connectivity index is 2.93. The zero-order chi connectivity index (χ0) is 13.0. The number of rotatable bonds is 4. The minimum atomic E-state index is -0.674. The van der Waals surface area contributed by atoms with Crippen LogP contribution in [0.1, 0.15) is 13.8 Å². The van der Waals surface area contributed by atoms with Crippen LogP contribution >= 0.6 is 27.5 Å². The number of halogens is 2. The van der Waals surface area contributed by atoms with Crippen LogP contribution in [0.25, 0.3) is 0 Å². The summed E-state index contributed by atoms with van der Waals surface area (Å²) in [5.41, 5.74) is 2.08. The topological polar surface area (TPSA) is 64.3 Å². The van der Waals surface area contributed by atoms with Crippen LogP contribution in [-0.2, 0) is 4.79 Å². The summed E-state index contributed by atoms with van der Waals surface area (Å²) in [6, 6.07) is 5.20. The molecule has 0 fully saturated rings. The van der Waals surface area contributed by atoms with E-state index in [1.807, 2.05) is 13.8 Å². The highest BCUT2D eigenvalue weighted by Gasteiger charge is 2.24. The van der Waals surface area contributed by atoms with Gasteiger partial charge in [0.15, 0.2) is 6.10 Å². The molecule has 0 saturated carbocycles. The van der Waals surface area contributed by atoms with Crippen LogP contribution in [0.5, 0.6) is 5.75 Å². The molecule has 0 spiro atoms. The average Bonchev–Trinajstić information content (AvgIpc) is 2.28. The van der Waals surface area contributed by atoms with E-state index in [9.17, 15) is 4.79 Å². The van der Waals surface area contributed by atoms with Crippen LogP contribution in [0.15, 0.2) is 22.7 Å². The highest BCUT2D eigenvalue weighted by atomic mass is 79.9. The van der Waals surface area contributed by atoms with Crippen molar-refractivity contribution >= 4 is 33.4 Å². The fraction of sp³-hybridized carbons (Fsp3) is 0.364. The van der Waals surface area contributed by atoms with Crippen LogP contribution in [0.3, 0.4) is 0 Å². The van der Waals surface area contributed by atoms with Crippen molar-refractivity contribution in [3.63, 3.8) is 0 Å². The lowest BCUT2D eigenvalue weighted by atomic mass is 10.1. The summed E-state index contributed by atoms with van der Waals surface area (Å²) in [5.74, 6) is 5.16. The Labute approximate surface area is 114 Å². The standard InChI is InChI=1S/C11H14BrClN2O2/c1-6(2)10(11(16)15-14)17-9-5-7(12)3-4-8(9)13/h3-6,10H,14H2,1-2H3,(H,15,16). The van der Waals surface area contributed by atoms with E-state index in [0.717, 1.165) is 4.47 Å². The van der Waals surface area contributed by atoms with Gasteiger partial charge in [-0.05, 0) is 24.1 Å². The van der Waals surface area contributed by atoms with Gasteiger partial charge in [0.25, 0.3) is 5.91 Å². The van der Waals surface area contributed by atoms with Gasteiger partial charge in [-0.3, -0.25) is 10.2 Å². The van der Waals surface area contributed by atoms with E-state index < -0.39 is 6.10 Å². The minimum absolute atomic E-state index is 0.0198. The van der Waals surface area contributed by atoms with Crippen LogP contribution in [0, 0.1) is 5.92 Å². The number of nitrogens with two attached hydrogens (primary N) is 1. The van der Waals surface area contributed by atoms with Crippen molar-refractivity contribution in [2.45, 2.75) is 20.0 Å². The van der Waals surface area contributed by atoms with Gasteiger partial charge in [0.1, 0.15) is 5.75 Å². The molecule has 0 saturated heterocycles. The van der Waals surface area contributed by atoms with Gasteiger partial charge >= 0.3 is 0 Å². The maximum absolute atomic E-state index is 11.5. The largest absolute Gasteiger partial charge is 0.479 e. The number of hydrazine groups is 1. The number of nitrogens with one attached hydrogen (secondary N) is 1. The Hall–Kier alpha value is -0.780. The molecule has 17 heavy (non-hydrogen) atoms. The molecule has 1 aromatic rings. The number of benzene rings is 1. The summed E-state index contributed by atoms with van der Waals surface area (Å²) >= 11 is 9.30. The van der Waals surface area contributed by atoms with Crippen molar-refractivity contribution in [2.75, 3.05) is 0 Å². The maximum atomic E-state index is 11.5. The maximum Gasteiger partial charge on any atom is 0.275 e. The first-order valence-electron chi connectivity index (χ1n) is 5.08. The monoisotopic (exact) mass is 320 g/mol. The molecule has 0 aliphatic rings. The minimum Gasteiger partial charge on any atom is -0.479 e. The van der Waals surface area contributed by atoms with Gasteiger partial charge in [-0.25, -0.2) is 5.84 Å². The van der Waals surface area contributed by atoms with Crippen LogP contribution in [0.2, 0.25) is 5.02 Å². The predicted octanol–water partition coefficient (Wildman–Crippen LogP) is 2.50. The lowest BCUT2D eigenvalue weighted by Gasteiger charge is -2.21. The zero-order valence-electron chi connectivity index (χ0n) is 9.54. The van der Waals surface area contributed by atoms with Gasteiger partial charge in [-0.15, -0.1) is 0 Å². The second-order valence-corrected chi connectivity index (χ2v) is 5.19. The summed E-state index contributed by atoms with van der Waals surface area (Å²) in [7, 11) is 0. The van der Waals surface area contributed by atoms with E-state index in [4.69, 9.17) is 22.2 Å². The zero-order valence-corrected chi connectivity index (χ0v) is 11.9. The SMILES string of the molecule is CC(C)C(Oc1cc(Br)ccc1Cl)C(=O)NN. The van der Waals surface area contributed by atoms with Crippen molar-refractivity contribution in [1.29, 1.82) is 0 Å². The molecule has 0 bridgehead atoms. The molecule has 1 atom stereocenters. The van der Waals surface area contributed by atoms with E-state index in [0.29, 0.717) is 10.8 Å². The Kier molecular flexibility index (Phi) is 5.24. The van der Waals surface area contributed by atoms with Gasteiger partial charge in [-0.2, -0.15) is 0 Å². The van der Waals surface area contributed by atoms with Crippen molar-refractivity contribution in [2.24, 2.45) is 11.8 Å². The van der Waals surface area contributed by atoms with E-state index in [1.54, 1.807) is 18.2 Å². The molecule has 0 aliphatic carbocycles. The molecular formula is C11H14BrClN2O2. The number of carbonyl (C=O) groups is 1. The quantitative estimate of drug-likeness (QED) is 0.509. The van der Waals surface area contributed by atoms with Gasteiger partial charge in [0.2, 0.25) is 0 Å². The highest BCUT2D eigenvalue weighted by Crippen LogP contribution is 2.29. The van der Waals surface area contributed by atoms with E-state index in [2.05, 4.69) is 21.4 Å². The average molecular weight is 322 g/mol. The fourth-order valence-electron chi connectivity index (χ4n) is 1.28. The van der Waals surface area contributed by atoms with Crippen LogP contribution < -0.4 is 16.0 Å². The smallest absolute Gasteiger partial charge is 0.275 e. The summed E-state index contributed by atoms with van der Waals surface area (Å²) in [4.78, 5) is 11.5. The first kappa shape index (κ1) is 14.3. The fourth-order valence-corrected chi connectivity index (χ4v) is 1.78. The van der Waals surface area contributed by atoms with Gasteiger partial charge < -0.3 is 4.74 Å². The molecule has 4 nitrogen and oxygen atoms in total. The molecule has 0 radical (unpaired) electrons. The summed E-state index contributed by atoms with van der Waals surface area (Å²) in [6.07, 6.45) is -0.674. The molecule has 0 aliphatic heterocycles. The first-order valence-corrected chi connectivity index (χ1v) is 6.25. The van der Waals surface area contributed by atoms with Crippen molar-refractivity contribution in [1.82, 2.24) is 5.43 Å². The molecule has 0 heterocycles. The Morgan fingerprint density at radius 1 is 1.53 bits per heavy atom. The van der Waals surface area contributed by atoms with Crippen molar-refractivity contribution in [3.05, 3.63) is 27.7 Å². The Morgan fingerprint density at radius 3 is 2.71 bits per heavy atom. The second-order valence-electron chi connectivity index (χ2n) is 3.87. The number of hydrogen-bond donors (Lipinski definition) is 2. The normalized spacial score (nSPS) is 12.4. The number of amides is 1. The van der Waals surface area contributed by atoms with Crippen molar-refractivity contribution < 1.29 is 9.53 Å². The molecule has 1 unspecified atom stereocenters. The number of carbonyl (C=O) groups excluding carboxylic acids is 1. The summed E-state index contributed by atoms with van der Waals surface area (Å²) in [6.45, 7) is 3.73. The Morgan fingerprint density at radius 2 is 2.18 bits per heavy atom. The molecule has 1 rings (SSSR count). The molecular weight excluding hydrogens is 307 g/mol. The molecule has 6 heteroatoms. The third kappa shape index (κ3) is 3.87. The van der Waals surface area contributed by atoms with Crippen LogP contribution in [-0.4, -0.2) is 12.0 Å². The second kappa shape index (κ2) is 6.23. The van der Waals surface area contributed by atoms with E-state index in [-0.39, 0.29) is 11.8 Å². The molecule has 1 amide bonds. The van der Waals surface area contributed by atoms with Gasteiger partial charge in [-0.1, -0.05) is 41.4 Å². The Bertz CT molecular complexity index is 412. The van der Waals surface area contributed by atoms with E-state index >= 15 is 0 Å². The van der Waals surface area contributed by atoms with Crippen LogP contribution in [0.4, 0.5) is 0 Å². The molecule has 1 aromatic carbocycles. The summed E-state index contributed by atoms with van der Waals surface area (Å²) < 4.78 is 6.41. The number of ether oxygens (including phenoxy) is 1. The lowest BCUT2D eigenvalue weighted by Crippen LogP contribution is -2.44. The van der Waals surface area contributed by atoms with Crippen molar-refractivity contribution in [3.8, 4) is 5.75 Å².